The van der Waals surface area contributed by atoms with E-state index in [4.69, 9.17) is 21.6 Å². The Kier molecular flexibility index (Phi) is 12.3. The number of anilines is 1. The SMILES string of the molecule is CCS(=O)(=O)c1ccc(-n2cc(CCC3CCN(c4ccc(C(=O)N[C@H]5CC[C@H](Oc6ccc(C#N)c(Cl)c6)CC5)nn4)CC3)ncc2=O)c(-c2cn(C)c(=O)c3[nH]ccc23)c1. The highest BCUT2D eigenvalue weighted by molar-refractivity contribution is 7.91. The summed E-state index contributed by atoms with van der Waals surface area (Å²) < 4.78 is 35.1. The minimum atomic E-state index is -3.58. The average molecular weight is 876 g/mol. The number of H-pyrrole nitrogens is 1. The maximum atomic E-state index is 13.4. The molecule has 6 aromatic rings. The molecule has 1 aliphatic carbocycles. The van der Waals surface area contributed by atoms with Gasteiger partial charge in [-0.05, 0) is 106 Å². The number of hydrogen-bond donors (Lipinski definition) is 2. The molecule has 17 heteroatoms. The lowest BCUT2D eigenvalue weighted by Crippen LogP contribution is -2.40. The molecule has 1 saturated carbocycles. The van der Waals surface area contributed by atoms with Crippen molar-refractivity contribution in [2.75, 3.05) is 23.7 Å². The second kappa shape index (κ2) is 18.0. The first kappa shape index (κ1) is 42.4. The number of amides is 1. The van der Waals surface area contributed by atoms with Crippen LogP contribution in [0.4, 0.5) is 5.82 Å². The number of hydrogen-bond acceptors (Lipinski definition) is 11. The number of nitriles is 1. The monoisotopic (exact) mass is 875 g/mol. The number of halogens is 1. The predicted molar refractivity (Wildman–Crippen MR) is 236 cm³/mol. The van der Waals surface area contributed by atoms with Crippen molar-refractivity contribution in [1.29, 1.82) is 5.26 Å². The highest BCUT2D eigenvalue weighted by atomic mass is 35.5. The smallest absolute Gasteiger partial charge is 0.274 e. The first-order valence-corrected chi connectivity index (χ1v) is 22.8. The fraction of sp³-hybridized carbons (Fsp3) is 0.356. The van der Waals surface area contributed by atoms with Crippen molar-refractivity contribution >= 4 is 44.1 Å². The Labute approximate surface area is 363 Å². The van der Waals surface area contributed by atoms with Gasteiger partial charge in [0.2, 0.25) is 0 Å². The number of aromatic nitrogens is 6. The maximum absolute atomic E-state index is 13.4. The van der Waals surface area contributed by atoms with E-state index in [9.17, 15) is 22.8 Å². The van der Waals surface area contributed by atoms with Crippen molar-refractivity contribution in [1.82, 2.24) is 34.6 Å². The Morgan fingerprint density at radius 1 is 0.984 bits per heavy atom. The molecule has 4 aromatic heterocycles. The maximum Gasteiger partial charge on any atom is 0.274 e. The molecule has 1 amide bonds. The summed E-state index contributed by atoms with van der Waals surface area (Å²) in [5.74, 6) is 1.42. The molecule has 0 spiro atoms. The van der Waals surface area contributed by atoms with E-state index in [2.05, 4.69) is 30.4 Å². The Morgan fingerprint density at radius 3 is 2.48 bits per heavy atom. The molecule has 2 N–H and O–H groups in total. The van der Waals surface area contributed by atoms with Crippen molar-refractivity contribution in [2.45, 2.75) is 75.3 Å². The molecular formula is C45H46ClN9O6S. The van der Waals surface area contributed by atoms with Crippen LogP contribution in [0.15, 0.2) is 93.9 Å². The zero-order valence-corrected chi connectivity index (χ0v) is 36.0. The molecule has 1 saturated heterocycles. The number of sulfone groups is 1. The van der Waals surface area contributed by atoms with E-state index in [1.807, 2.05) is 12.1 Å². The Morgan fingerprint density at radius 2 is 1.77 bits per heavy atom. The average Bonchev–Trinajstić information content (AvgIpc) is 3.79. The molecule has 320 valence electrons. The van der Waals surface area contributed by atoms with Gasteiger partial charge >= 0.3 is 0 Å². The zero-order valence-electron chi connectivity index (χ0n) is 34.4. The first-order valence-electron chi connectivity index (χ1n) is 20.8. The van der Waals surface area contributed by atoms with Crippen LogP contribution < -0.4 is 26.1 Å². The van der Waals surface area contributed by atoms with Gasteiger partial charge in [0.05, 0.1) is 44.9 Å². The van der Waals surface area contributed by atoms with Gasteiger partial charge in [-0.15, -0.1) is 10.2 Å². The second-order valence-electron chi connectivity index (χ2n) is 16.0. The number of nitrogens with zero attached hydrogens (tertiary/aromatic N) is 7. The molecule has 0 atom stereocenters. The van der Waals surface area contributed by atoms with Crippen LogP contribution in [0.5, 0.6) is 5.75 Å². The van der Waals surface area contributed by atoms with Crippen LogP contribution in [0.2, 0.25) is 5.02 Å². The van der Waals surface area contributed by atoms with Crippen molar-refractivity contribution in [3.8, 4) is 28.6 Å². The van der Waals surface area contributed by atoms with Crippen LogP contribution in [-0.4, -0.2) is 74.6 Å². The summed E-state index contributed by atoms with van der Waals surface area (Å²) in [4.78, 5) is 49.1. The fourth-order valence-electron chi connectivity index (χ4n) is 8.40. The minimum Gasteiger partial charge on any atom is -0.490 e. The van der Waals surface area contributed by atoms with E-state index in [1.165, 1.54) is 21.4 Å². The third-order valence-corrected chi connectivity index (χ3v) is 14.1. The van der Waals surface area contributed by atoms with Gasteiger partial charge in [-0.3, -0.25) is 23.9 Å². The molecule has 0 radical (unpaired) electrons. The standard InChI is InChI=1S/C45H46ClN9O6S/c1-3-62(59,60)34-12-14-40(36(23-34)37-27-53(2)45(58)43-35(37)16-19-48-43)55-26-31(49-25-42(55)56)6-4-28-17-20-54(21-18-28)41-15-13-39(51-52-41)44(57)50-30-7-10-32(11-8-30)61-33-9-5-29(24-47)38(46)22-33/h5,9,12-16,19,22-23,25-28,30,32,48H,3-4,6-8,10-11,17-18,20-21H2,1-2H3,(H,50,57)/t30-,32-. The first-order chi connectivity index (χ1) is 29.9. The zero-order chi connectivity index (χ0) is 43.5. The molecular weight excluding hydrogens is 830 g/mol. The van der Waals surface area contributed by atoms with Gasteiger partial charge < -0.3 is 24.5 Å². The van der Waals surface area contributed by atoms with E-state index in [-0.39, 0.29) is 45.5 Å². The lowest BCUT2D eigenvalue weighted by Gasteiger charge is -2.32. The number of benzene rings is 2. The van der Waals surface area contributed by atoms with Crippen LogP contribution in [0.1, 0.15) is 73.6 Å². The highest BCUT2D eigenvalue weighted by Gasteiger charge is 2.26. The number of aryl methyl sites for hydroxylation is 2. The van der Waals surface area contributed by atoms with Crippen LogP contribution in [-0.2, 0) is 23.3 Å². The largest absolute Gasteiger partial charge is 0.490 e. The predicted octanol–water partition coefficient (Wildman–Crippen LogP) is 6.16. The number of carbonyl (C=O) groups is 1. The van der Waals surface area contributed by atoms with Gasteiger partial charge in [0.25, 0.3) is 17.0 Å². The van der Waals surface area contributed by atoms with Gasteiger partial charge in [-0.25, -0.2) is 8.42 Å². The molecule has 2 aromatic carbocycles. The van der Waals surface area contributed by atoms with Crippen molar-refractivity contribution in [2.24, 2.45) is 13.0 Å². The number of rotatable bonds is 12. The quantitative estimate of drug-likeness (QED) is 0.143. The van der Waals surface area contributed by atoms with Gasteiger partial charge in [-0.1, -0.05) is 18.5 Å². The van der Waals surface area contributed by atoms with Crippen LogP contribution in [0.3, 0.4) is 0 Å². The number of aromatic amines is 1. The van der Waals surface area contributed by atoms with Crippen molar-refractivity contribution < 1.29 is 17.9 Å². The number of nitrogens with one attached hydrogen (secondary N) is 2. The Bertz CT molecular complexity index is 2910. The molecule has 0 bridgehead atoms. The van der Waals surface area contributed by atoms with Crippen LogP contribution in [0.25, 0.3) is 27.7 Å². The van der Waals surface area contributed by atoms with Crippen LogP contribution in [0, 0.1) is 17.2 Å². The van der Waals surface area contributed by atoms with E-state index < -0.39 is 9.84 Å². The second-order valence-corrected chi connectivity index (χ2v) is 18.6. The van der Waals surface area contributed by atoms with Crippen molar-refractivity contribution in [3.63, 3.8) is 0 Å². The lowest BCUT2D eigenvalue weighted by molar-refractivity contribution is 0.0888. The van der Waals surface area contributed by atoms with Crippen molar-refractivity contribution in [3.05, 3.63) is 122 Å². The normalized spacial score (nSPS) is 17.2. The lowest BCUT2D eigenvalue weighted by atomic mass is 9.91. The molecule has 62 heavy (non-hydrogen) atoms. The number of piperidine rings is 1. The van der Waals surface area contributed by atoms with E-state index in [0.29, 0.717) is 56.4 Å². The summed E-state index contributed by atoms with van der Waals surface area (Å²) in [6.45, 7) is 3.14. The highest BCUT2D eigenvalue weighted by Crippen LogP contribution is 2.34. The summed E-state index contributed by atoms with van der Waals surface area (Å²) in [6.07, 6.45) is 12.8. The van der Waals surface area contributed by atoms with Gasteiger partial charge in [-0.2, -0.15) is 5.26 Å². The van der Waals surface area contributed by atoms with Gasteiger partial charge in [0, 0.05) is 67.3 Å². The molecule has 15 nitrogen and oxygen atoms in total. The molecule has 5 heterocycles. The van der Waals surface area contributed by atoms with Gasteiger partial charge in [0.15, 0.2) is 21.3 Å². The van der Waals surface area contributed by atoms with E-state index in [1.54, 1.807) is 75.0 Å². The fourth-order valence-corrected chi connectivity index (χ4v) is 9.52. The van der Waals surface area contributed by atoms with E-state index >= 15 is 0 Å². The summed E-state index contributed by atoms with van der Waals surface area (Å²) in [5, 5.41) is 21.9. The van der Waals surface area contributed by atoms with E-state index in [0.717, 1.165) is 69.5 Å². The summed E-state index contributed by atoms with van der Waals surface area (Å²) in [5.41, 5.74) is 2.79. The number of pyridine rings is 1. The molecule has 0 unspecified atom stereocenters. The van der Waals surface area contributed by atoms with Gasteiger partial charge in [0.1, 0.15) is 17.3 Å². The molecule has 1 aliphatic heterocycles. The summed E-state index contributed by atoms with van der Waals surface area (Å²) >= 11 is 6.15. The summed E-state index contributed by atoms with van der Waals surface area (Å²) in [7, 11) is -1.95. The number of ether oxygens (including phenoxy) is 1. The Hall–Kier alpha value is -6.31. The molecule has 8 rings (SSSR count). The summed E-state index contributed by atoms with van der Waals surface area (Å²) in [6, 6.07) is 17.2. The third kappa shape index (κ3) is 9.00. The topological polar surface area (TPSA) is 198 Å². The minimum absolute atomic E-state index is 0.000350. The number of fused-ring (bicyclic) bond motifs is 1. The van der Waals surface area contributed by atoms with Crippen LogP contribution >= 0.6 is 11.6 Å². The molecule has 2 aliphatic rings. The third-order valence-electron chi connectivity index (χ3n) is 12.0. The molecule has 2 fully saturated rings. The Balaban J connectivity index is 0.867. The number of carbonyl (C=O) groups excluding carboxylic acids is 1.